The van der Waals surface area contributed by atoms with Gasteiger partial charge in [-0.2, -0.15) is 4.68 Å². The quantitative estimate of drug-likeness (QED) is 0.351. The fraction of sp³-hybridized carbons (Fsp3) is 0.250. The molecule has 1 amide bonds. The third-order valence-electron chi connectivity index (χ3n) is 6.00. The lowest BCUT2D eigenvalue weighted by molar-refractivity contribution is 0.0728. The Hall–Kier alpha value is -4.54. The smallest absolute Gasteiger partial charge is 0.366 e. The second-order valence-corrected chi connectivity index (χ2v) is 8.66. The largest absolute Gasteiger partial charge is 0.507 e. The number of hydrogen-bond acceptors (Lipinski definition) is 8. The summed E-state index contributed by atoms with van der Waals surface area (Å²) in [5.74, 6) is -1.54. The second kappa shape index (κ2) is 8.35. The zero-order valence-electron chi connectivity index (χ0n) is 19.3. The number of rotatable bonds is 4. The predicted octanol–water partition coefficient (Wildman–Crippen LogP) is 2.03. The molecule has 0 bridgehead atoms. The Kier molecular flexibility index (Phi) is 5.31. The van der Waals surface area contributed by atoms with Crippen LogP contribution in [0.3, 0.4) is 0 Å². The third kappa shape index (κ3) is 3.80. The average Bonchev–Trinajstić information content (AvgIpc) is 3.46. The number of esters is 1. The van der Waals surface area contributed by atoms with E-state index in [4.69, 9.17) is 4.74 Å². The summed E-state index contributed by atoms with van der Waals surface area (Å²) < 4.78 is 7.64. The molecule has 178 valence electrons. The molecule has 1 aliphatic rings. The van der Waals surface area contributed by atoms with Crippen molar-refractivity contribution in [2.45, 2.75) is 32.9 Å². The number of aryl methyl sites for hydroxylation is 1. The van der Waals surface area contributed by atoms with Gasteiger partial charge in [0, 0.05) is 26.2 Å². The SMILES string of the molecule is CC(C)c1cc(C(=O)N2Cc3ccccc3C2)c(O)cc1OC(=O)c1ncn2c(=O)n(C)nnc12. The number of ether oxygens (including phenoxy) is 1. The average molecular weight is 474 g/mol. The van der Waals surface area contributed by atoms with Gasteiger partial charge in [-0.25, -0.2) is 19.0 Å². The maximum Gasteiger partial charge on any atom is 0.366 e. The highest BCUT2D eigenvalue weighted by Crippen LogP contribution is 2.35. The molecule has 0 unspecified atom stereocenters. The number of hydrogen-bond donors (Lipinski definition) is 1. The number of carbonyl (C=O) groups is 2. The molecular weight excluding hydrogens is 452 g/mol. The van der Waals surface area contributed by atoms with E-state index in [0.29, 0.717) is 18.7 Å². The first-order valence-corrected chi connectivity index (χ1v) is 11.0. The van der Waals surface area contributed by atoms with Crippen LogP contribution in [0.2, 0.25) is 0 Å². The van der Waals surface area contributed by atoms with E-state index < -0.39 is 11.7 Å². The molecule has 0 atom stereocenters. The lowest BCUT2D eigenvalue weighted by atomic mass is 9.98. The Morgan fingerprint density at radius 1 is 1.11 bits per heavy atom. The number of carbonyl (C=O) groups excluding carboxylic acids is 2. The minimum atomic E-state index is -0.870. The first-order valence-electron chi connectivity index (χ1n) is 11.0. The first-order chi connectivity index (χ1) is 16.7. The summed E-state index contributed by atoms with van der Waals surface area (Å²) in [6, 6.07) is 10.6. The van der Waals surface area contributed by atoms with Gasteiger partial charge in [0.1, 0.15) is 17.8 Å². The molecule has 5 rings (SSSR count). The van der Waals surface area contributed by atoms with Crippen LogP contribution in [0.1, 0.15) is 57.3 Å². The zero-order valence-corrected chi connectivity index (χ0v) is 19.3. The molecule has 11 nitrogen and oxygen atoms in total. The van der Waals surface area contributed by atoms with Crippen molar-refractivity contribution in [1.29, 1.82) is 0 Å². The summed E-state index contributed by atoms with van der Waals surface area (Å²) in [6.07, 6.45) is 1.17. The van der Waals surface area contributed by atoms with Crippen LogP contribution in [-0.2, 0) is 20.1 Å². The van der Waals surface area contributed by atoms with Crippen molar-refractivity contribution in [3.05, 3.63) is 81.2 Å². The lowest BCUT2D eigenvalue weighted by Gasteiger charge is -2.19. The summed E-state index contributed by atoms with van der Waals surface area (Å²) >= 11 is 0. The summed E-state index contributed by atoms with van der Waals surface area (Å²) in [5, 5.41) is 18.2. The van der Waals surface area contributed by atoms with Crippen molar-refractivity contribution in [2.75, 3.05) is 0 Å². The van der Waals surface area contributed by atoms with Crippen LogP contribution in [0.25, 0.3) is 5.65 Å². The van der Waals surface area contributed by atoms with E-state index in [1.54, 1.807) is 11.0 Å². The van der Waals surface area contributed by atoms with Crippen LogP contribution in [-0.4, -0.2) is 46.3 Å². The van der Waals surface area contributed by atoms with E-state index in [-0.39, 0.29) is 40.2 Å². The van der Waals surface area contributed by atoms with Crippen molar-refractivity contribution in [3.63, 3.8) is 0 Å². The van der Waals surface area contributed by atoms with Crippen LogP contribution in [0.15, 0.2) is 47.5 Å². The fourth-order valence-electron chi connectivity index (χ4n) is 4.12. The first kappa shape index (κ1) is 22.3. The van der Waals surface area contributed by atoms with Crippen molar-refractivity contribution < 1.29 is 19.4 Å². The van der Waals surface area contributed by atoms with Gasteiger partial charge in [-0.05, 0) is 28.7 Å². The minimum absolute atomic E-state index is 0.0474. The molecule has 2 aromatic heterocycles. The molecule has 0 fully saturated rings. The maximum atomic E-state index is 13.2. The summed E-state index contributed by atoms with van der Waals surface area (Å²) in [4.78, 5) is 43.9. The van der Waals surface area contributed by atoms with Gasteiger partial charge in [-0.3, -0.25) is 4.79 Å². The highest BCUT2D eigenvalue weighted by molar-refractivity contribution is 5.98. The van der Waals surface area contributed by atoms with Crippen LogP contribution in [0, 0.1) is 0 Å². The molecule has 2 aromatic carbocycles. The Morgan fingerprint density at radius 2 is 1.80 bits per heavy atom. The molecule has 1 aliphatic heterocycles. The molecule has 0 aliphatic carbocycles. The van der Waals surface area contributed by atoms with Gasteiger partial charge in [0.15, 0.2) is 11.3 Å². The minimum Gasteiger partial charge on any atom is -0.507 e. The number of benzene rings is 2. The number of nitrogens with zero attached hydrogens (tertiary/aromatic N) is 6. The highest BCUT2D eigenvalue weighted by Gasteiger charge is 2.28. The van der Waals surface area contributed by atoms with Crippen LogP contribution >= 0.6 is 0 Å². The normalized spacial score (nSPS) is 12.9. The van der Waals surface area contributed by atoms with Crippen molar-refractivity contribution in [2.24, 2.45) is 7.05 Å². The predicted molar refractivity (Wildman–Crippen MR) is 123 cm³/mol. The van der Waals surface area contributed by atoms with Crippen molar-refractivity contribution in [3.8, 4) is 11.5 Å². The number of aromatic nitrogens is 5. The van der Waals surface area contributed by atoms with E-state index in [1.807, 2.05) is 38.1 Å². The van der Waals surface area contributed by atoms with Gasteiger partial charge in [0.05, 0.1) is 5.56 Å². The monoisotopic (exact) mass is 474 g/mol. The van der Waals surface area contributed by atoms with E-state index in [9.17, 15) is 19.5 Å². The Bertz CT molecular complexity index is 1530. The highest BCUT2D eigenvalue weighted by atomic mass is 16.5. The molecular formula is C24H22N6O5. The number of imidazole rings is 1. The topological polar surface area (TPSA) is 132 Å². The number of aromatic hydroxyl groups is 1. The summed E-state index contributed by atoms with van der Waals surface area (Å²) in [6.45, 7) is 4.67. The van der Waals surface area contributed by atoms with Crippen molar-refractivity contribution >= 4 is 17.5 Å². The van der Waals surface area contributed by atoms with Crippen LogP contribution < -0.4 is 10.4 Å². The Morgan fingerprint density at radius 3 is 2.46 bits per heavy atom. The van der Waals surface area contributed by atoms with Crippen LogP contribution in [0.5, 0.6) is 11.5 Å². The van der Waals surface area contributed by atoms with Gasteiger partial charge in [0.2, 0.25) is 0 Å². The molecule has 35 heavy (non-hydrogen) atoms. The standard InChI is InChI=1S/C24H22N6O5/c1-13(2)16-8-17(22(32)29-10-14-6-4-5-7-15(14)11-29)18(31)9-19(16)35-23(33)20-21-26-27-28(3)24(34)30(21)12-25-20/h4-9,12-13,31H,10-11H2,1-3H3. The molecule has 0 radical (unpaired) electrons. The second-order valence-electron chi connectivity index (χ2n) is 8.66. The lowest BCUT2D eigenvalue weighted by Crippen LogP contribution is -2.27. The molecule has 0 saturated heterocycles. The van der Waals surface area contributed by atoms with Gasteiger partial charge in [-0.15, -0.1) is 5.10 Å². The number of fused-ring (bicyclic) bond motifs is 2. The van der Waals surface area contributed by atoms with Crippen molar-refractivity contribution in [1.82, 2.24) is 29.3 Å². The van der Waals surface area contributed by atoms with Gasteiger partial charge >= 0.3 is 11.7 Å². The molecule has 0 spiro atoms. The maximum absolute atomic E-state index is 13.2. The summed E-state index contributed by atoms with van der Waals surface area (Å²) in [5.41, 5.74) is 2.06. The van der Waals surface area contributed by atoms with Crippen LogP contribution in [0.4, 0.5) is 0 Å². The van der Waals surface area contributed by atoms with Gasteiger partial charge < -0.3 is 14.7 Å². The molecule has 4 aromatic rings. The third-order valence-corrected chi connectivity index (χ3v) is 6.00. The van der Waals surface area contributed by atoms with Gasteiger partial charge in [0.25, 0.3) is 5.91 Å². The molecule has 1 N–H and O–H groups in total. The number of phenolic OH excluding ortho intramolecular Hbond substituents is 1. The molecule has 11 heteroatoms. The Balaban J connectivity index is 1.45. The van der Waals surface area contributed by atoms with E-state index in [1.165, 1.54) is 19.4 Å². The summed E-state index contributed by atoms with van der Waals surface area (Å²) in [7, 11) is 1.42. The van der Waals surface area contributed by atoms with E-state index in [2.05, 4.69) is 15.3 Å². The Labute approximate surface area is 199 Å². The zero-order chi connectivity index (χ0) is 24.9. The molecule has 0 saturated carbocycles. The number of amides is 1. The van der Waals surface area contributed by atoms with E-state index in [0.717, 1.165) is 20.2 Å². The van der Waals surface area contributed by atoms with E-state index >= 15 is 0 Å². The number of phenols is 1. The van der Waals surface area contributed by atoms with Gasteiger partial charge in [-0.1, -0.05) is 43.3 Å². The molecule has 3 heterocycles. The fourth-order valence-corrected chi connectivity index (χ4v) is 4.12.